The third kappa shape index (κ3) is 4.27. The molecule has 1 aromatic rings. The molecule has 1 unspecified atom stereocenters. The molecule has 0 saturated heterocycles. The van der Waals surface area contributed by atoms with Crippen molar-refractivity contribution >= 4 is 17.7 Å². The van der Waals surface area contributed by atoms with Gasteiger partial charge in [-0.15, -0.1) is 0 Å². The molecule has 142 valence electrons. The van der Waals surface area contributed by atoms with Gasteiger partial charge in [0, 0.05) is 12.0 Å². The van der Waals surface area contributed by atoms with Gasteiger partial charge in [0.05, 0.1) is 13.2 Å². The minimum Gasteiger partial charge on any atom is -0.465 e. The Balaban J connectivity index is 2.27. The number of hydrogen-bond donors (Lipinski definition) is 0. The van der Waals surface area contributed by atoms with Crippen LogP contribution in [0.2, 0.25) is 0 Å². The summed E-state index contributed by atoms with van der Waals surface area (Å²) >= 11 is 0. The van der Waals surface area contributed by atoms with Gasteiger partial charge < -0.3 is 18.9 Å². The lowest BCUT2D eigenvalue weighted by molar-refractivity contribution is -0.175. The smallest absolute Gasteiger partial charge is 0.377 e. The van der Waals surface area contributed by atoms with E-state index in [1.165, 1.54) is 32.0 Å². The molecule has 1 aliphatic rings. The zero-order valence-electron chi connectivity index (χ0n) is 14.3. The van der Waals surface area contributed by atoms with E-state index < -0.39 is 36.0 Å². The van der Waals surface area contributed by atoms with Crippen LogP contribution in [0.4, 0.5) is 8.78 Å². The summed E-state index contributed by atoms with van der Waals surface area (Å²) in [5, 5.41) is 0. The number of rotatable bonds is 8. The summed E-state index contributed by atoms with van der Waals surface area (Å²) < 4.78 is 47.4. The molecule has 2 rings (SSSR count). The third-order valence-corrected chi connectivity index (χ3v) is 3.58. The highest BCUT2D eigenvalue weighted by Gasteiger charge is 2.47. The summed E-state index contributed by atoms with van der Waals surface area (Å²) in [5.74, 6) is -9.08. The van der Waals surface area contributed by atoms with Crippen molar-refractivity contribution in [3.63, 3.8) is 0 Å². The van der Waals surface area contributed by atoms with Gasteiger partial charge in [-0.3, -0.25) is 9.59 Å². The first-order valence-electron chi connectivity index (χ1n) is 7.95. The molecule has 9 heteroatoms. The van der Waals surface area contributed by atoms with E-state index in [1.54, 1.807) is 0 Å². The van der Waals surface area contributed by atoms with Crippen molar-refractivity contribution in [3.05, 3.63) is 23.8 Å². The van der Waals surface area contributed by atoms with Gasteiger partial charge >= 0.3 is 17.9 Å². The SMILES string of the molecule is CCOC(=O)C(CC(F)(F)C(=O)OCC)C(=O)c1ccc2c(c1)OCO2. The number of benzene rings is 1. The summed E-state index contributed by atoms with van der Waals surface area (Å²) in [6, 6.07) is 4.05. The number of halogens is 2. The van der Waals surface area contributed by atoms with Gasteiger partial charge in [-0.25, -0.2) is 4.79 Å². The predicted molar refractivity (Wildman–Crippen MR) is 83.2 cm³/mol. The molecule has 0 fully saturated rings. The number of carbonyl (C=O) groups excluding carboxylic acids is 3. The van der Waals surface area contributed by atoms with Gasteiger partial charge in [0.1, 0.15) is 5.92 Å². The fourth-order valence-electron chi connectivity index (χ4n) is 2.35. The van der Waals surface area contributed by atoms with E-state index in [1.807, 2.05) is 0 Å². The maximum Gasteiger partial charge on any atom is 0.377 e. The van der Waals surface area contributed by atoms with Crippen molar-refractivity contribution in [1.29, 1.82) is 0 Å². The van der Waals surface area contributed by atoms with Crippen LogP contribution in [0, 0.1) is 5.92 Å². The fourth-order valence-corrected chi connectivity index (χ4v) is 2.35. The molecule has 1 heterocycles. The number of carbonyl (C=O) groups is 3. The Morgan fingerprint density at radius 3 is 2.42 bits per heavy atom. The number of ketones is 1. The predicted octanol–water partition coefficient (Wildman–Crippen LogP) is 2.37. The summed E-state index contributed by atoms with van der Waals surface area (Å²) in [6.07, 6.45) is -1.35. The number of fused-ring (bicyclic) bond motifs is 1. The largest absolute Gasteiger partial charge is 0.465 e. The van der Waals surface area contributed by atoms with Crippen molar-refractivity contribution in [2.75, 3.05) is 20.0 Å². The molecule has 0 saturated carbocycles. The van der Waals surface area contributed by atoms with E-state index in [0.717, 1.165) is 0 Å². The van der Waals surface area contributed by atoms with Crippen LogP contribution in [0.1, 0.15) is 30.6 Å². The van der Waals surface area contributed by atoms with E-state index in [2.05, 4.69) is 4.74 Å². The van der Waals surface area contributed by atoms with Crippen molar-refractivity contribution in [3.8, 4) is 11.5 Å². The number of ether oxygens (including phenoxy) is 4. The second-order valence-corrected chi connectivity index (χ2v) is 5.37. The Morgan fingerprint density at radius 2 is 1.77 bits per heavy atom. The van der Waals surface area contributed by atoms with Gasteiger partial charge in [-0.1, -0.05) is 0 Å². The number of alkyl halides is 2. The highest BCUT2D eigenvalue weighted by Crippen LogP contribution is 2.34. The third-order valence-electron chi connectivity index (χ3n) is 3.58. The molecule has 1 aromatic carbocycles. The maximum atomic E-state index is 14.1. The number of esters is 2. The first-order chi connectivity index (χ1) is 12.3. The Bertz CT molecular complexity index is 702. The average molecular weight is 372 g/mol. The van der Waals surface area contributed by atoms with Gasteiger partial charge in [-0.2, -0.15) is 8.78 Å². The van der Waals surface area contributed by atoms with E-state index >= 15 is 0 Å². The Labute approximate surface area is 148 Å². The lowest BCUT2D eigenvalue weighted by Crippen LogP contribution is -2.38. The Kier molecular flexibility index (Phi) is 6.12. The molecule has 7 nitrogen and oxygen atoms in total. The monoisotopic (exact) mass is 372 g/mol. The molecule has 1 atom stereocenters. The highest BCUT2D eigenvalue weighted by atomic mass is 19.3. The van der Waals surface area contributed by atoms with Crippen LogP contribution in [-0.4, -0.2) is 43.7 Å². The van der Waals surface area contributed by atoms with E-state index in [-0.39, 0.29) is 31.3 Å². The van der Waals surface area contributed by atoms with Crippen LogP contribution in [0.15, 0.2) is 18.2 Å². The normalized spacial score (nSPS) is 13.8. The summed E-state index contributed by atoms with van der Waals surface area (Å²) in [5.41, 5.74) is -0.0352. The molecular formula is C17H18F2O7. The molecule has 0 aliphatic carbocycles. The van der Waals surface area contributed by atoms with Gasteiger partial charge in [0.2, 0.25) is 6.79 Å². The van der Waals surface area contributed by atoms with Crippen molar-refractivity contribution < 1.29 is 42.1 Å². The van der Waals surface area contributed by atoms with Gasteiger partial charge in [0.15, 0.2) is 17.3 Å². The zero-order chi connectivity index (χ0) is 19.3. The molecule has 0 N–H and O–H groups in total. The van der Waals surface area contributed by atoms with Gasteiger partial charge in [0.25, 0.3) is 0 Å². The lowest BCUT2D eigenvalue weighted by atomic mass is 9.91. The van der Waals surface area contributed by atoms with Crippen LogP contribution in [0.25, 0.3) is 0 Å². The van der Waals surface area contributed by atoms with E-state index in [9.17, 15) is 23.2 Å². The molecule has 1 aliphatic heterocycles. The highest BCUT2D eigenvalue weighted by molar-refractivity contribution is 6.09. The van der Waals surface area contributed by atoms with E-state index in [4.69, 9.17) is 14.2 Å². The first-order valence-corrected chi connectivity index (χ1v) is 7.95. The standard InChI is InChI=1S/C17H18F2O7/c1-3-23-15(21)11(8-17(18,19)16(22)24-4-2)14(20)10-5-6-12-13(7-10)26-9-25-12/h5-7,11H,3-4,8-9H2,1-2H3. The summed E-state index contributed by atoms with van der Waals surface area (Å²) in [6.45, 7) is 2.45. The zero-order valence-corrected chi connectivity index (χ0v) is 14.3. The maximum absolute atomic E-state index is 14.1. The Morgan fingerprint density at radius 1 is 1.12 bits per heavy atom. The first kappa shape index (κ1) is 19.6. The van der Waals surface area contributed by atoms with E-state index in [0.29, 0.717) is 5.75 Å². The van der Waals surface area contributed by atoms with Crippen LogP contribution in [0.5, 0.6) is 11.5 Å². The summed E-state index contributed by atoms with van der Waals surface area (Å²) in [7, 11) is 0. The van der Waals surface area contributed by atoms with Crippen molar-refractivity contribution in [1.82, 2.24) is 0 Å². The topological polar surface area (TPSA) is 88.1 Å². The van der Waals surface area contributed by atoms with Crippen LogP contribution in [0.3, 0.4) is 0 Å². The molecule has 0 aromatic heterocycles. The fraction of sp³-hybridized carbons (Fsp3) is 0.471. The Hall–Kier alpha value is -2.71. The number of Topliss-reactive ketones (excluding diaryl/α,β-unsaturated/α-hetero) is 1. The molecule has 0 radical (unpaired) electrons. The molecule has 26 heavy (non-hydrogen) atoms. The van der Waals surface area contributed by atoms with Crippen molar-refractivity contribution in [2.45, 2.75) is 26.2 Å². The minimum atomic E-state index is -4.01. The second-order valence-electron chi connectivity index (χ2n) is 5.37. The molecule has 0 amide bonds. The van der Waals surface area contributed by atoms with Crippen LogP contribution < -0.4 is 9.47 Å². The second kappa shape index (κ2) is 8.11. The molecule has 0 spiro atoms. The van der Waals surface area contributed by atoms with Crippen LogP contribution >= 0.6 is 0 Å². The molecule has 0 bridgehead atoms. The van der Waals surface area contributed by atoms with Crippen LogP contribution in [-0.2, 0) is 19.1 Å². The quantitative estimate of drug-likeness (QED) is 0.393. The van der Waals surface area contributed by atoms with Gasteiger partial charge in [-0.05, 0) is 32.0 Å². The number of hydrogen-bond acceptors (Lipinski definition) is 7. The average Bonchev–Trinajstić information content (AvgIpc) is 3.07. The molecular weight excluding hydrogens is 354 g/mol. The lowest BCUT2D eigenvalue weighted by Gasteiger charge is -2.20. The van der Waals surface area contributed by atoms with Crippen molar-refractivity contribution in [2.24, 2.45) is 5.92 Å². The minimum absolute atomic E-state index is 0.0325. The summed E-state index contributed by atoms with van der Waals surface area (Å²) in [4.78, 5) is 36.1.